The van der Waals surface area contributed by atoms with Crippen molar-refractivity contribution in [2.75, 3.05) is 26.4 Å². The number of rotatable bonds is 45. The lowest BCUT2D eigenvalue weighted by Gasteiger charge is -2.19. The zero-order chi connectivity index (χ0) is 43.2. The van der Waals surface area contributed by atoms with Gasteiger partial charge in [-0.25, -0.2) is 4.57 Å². The van der Waals surface area contributed by atoms with Crippen molar-refractivity contribution in [3.05, 3.63) is 48.6 Å². The summed E-state index contributed by atoms with van der Waals surface area (Å²) in [5.74, 6) is -0.858. The minimum Gasteiger partial charge on any atom is -0.462 e. The van der Waals surface area contributed by atoms with Crippen molar-refractivity contribution in [3.8, 4) is 0 Å². The Morgan fingerprint density at radius 3 is 1.34 bits per heavy atom. The van der Waals surface area contributed by atoms with Gasteiger partial charge in [0, 0.05) is 19.4 Å². The van der Waals surface area contributed by atoms with Crippen LogP contribution >= 0.6 is 7.82 Å². The molecule has 0 aromatic carbocycles. The minimum absolute atomic E-state index is 0.0474. The first-order valence-corrected chi connectivity index (χ1v) is 25.6. The lowest BCUT2D eigenvalue weighted by molar-refractivity contribution is -0.161. The molecule has 344 valence electrons. The quantitative estimate of drug-likeness (QED) is 0.0266. The average Bonchev–Trinajstić information content (AvgIpc) is 3.22. The SMILES string of the molecule is CCCCCC=CCC=CCC=CCC=CCCCCCC(=O)O[C@H](COC(=O)CCCCCCCCCCCCCCCCCCCCC)COP(=O)(O)OCCN. The van der Waals surface area contributed by atoms with Crippen LogP contribution < -0.4 is 5.73 Å². The second kappa shape index (κ2) is 45.5. The Kier molecular flexibility index (Phi) is 43.9. The molecule has 0 bridgehead atoms. The summed E-state index contributed by atoms with van der Waals surface area (Å²) in [6, 6.07) is 0. The van der Waals surface area contributed by atoms with Gasteiger partial charge >= 0.3 is 19.8 Å². The Balaban J connectivity index is 4.14. The van der Waals surface area contributed by atoms with E-state index in [2.05, 4.69) is 62.5 Å². The summed E-state index contributed by atoms with van der Waals surface area (Å²) < 4.78 is 32.8. The van der Waals surface area contributed by atoms with Crippen molar-refractivity contribution in [1.82, 2.24) is 0 Å². The number of carbonyl (C=O) groups is 2. The Labute approximate surface area is 362 Å². The summed E-state index contributed by atoms with van der Waals surface area (Å²) in [6.07, 6.45) is 52.9. The molecule has 1 unspecified atom stereocenters. The Morgan fingerprint density at radius 2 is 0.881 bits per heavy atom. The summed E-state index contributed by atoms with van der Waals surface area (Å²) in [7, 11) is -4.39. The number of carbonyl (C=O) groups excluding carboxylic acids is 2. The van der Waals surface area contributed by atoms with Gasteiger partial charge in [0.15, 0.2) is 6.10 Å². The largest absolute Gasteiger partial charge is 0.472 e. The van der Waals surface area contributed by atoms with E-state index in [-0.39, 0.29) is 38.6 Å². The monoisotopic (exact) mass is 852 g/mol. The summed E-state index contributed by atoms with van der Waals surface area (Å²) >= 11 is 0. The lowest BCUT2D eigenvalue weighted by atomic mass is 10.0. The van der Waals surface area contributed by atoms with Gasteiger partial charge in [0.1, 0.15) is 6.61 Å². The van der Waals surface area contributed by atoms with E-state index >= 15 is 0 Å². The van der Waals surface area contributed by atoms with Crippen molar-refractivity contribution in [2.24, 2.45) is 5.73 Å². The maximum atomic E-state index is 12.6. The molecule has 0 aromatic rings. The summed E-state index contributed by atoms with van der Waals surface area (Å²) in [6.45, 7) is 3.69. The first kappa shape index (κ1) is 57.0. The van der Waals surface area contributed by atoms with Gasteiger partial charge in [-0.1, -0.05) is 197 Å². The number of ether oxygens (including phenoxy) is 2. The van der Waals surface area contributed by atoms with Crippen LogP contribution in [0.3, 0.4) is 0 Å². The van der Waals surface area contributed by atoms with Crippen LogP contribution in [-0.2, 0) is 32.7 Å². The Morgan fingerprint density at radius 1 is 0.508 bits per heavy atom. The third kappa shape index (κ3) is 45.3. The zero-order valence-electron chi connectivity index (χ0n) is 38.0. The predicted molar refractivity (Wildman–Crippen MR) is 247 cm³/mol. The predicted octanol–water partition coefficient (Wildman–Crippen LogP) is 14.3. The molecule has 0 radical (unpaired) electrons. The molecule has 0 saturated heterocycles. The number of hydrogen-bond donors (Lipinski definition) is 2. The molecular formula is C49H90NO8P. The summed E-state index contributed by atoms with van der Waals surface area (Å²) in [4.78, 5) is 35.0. The van der Waals surface area contributed by atoms with E-state index in [1.54, 1.807) is 0 Å². The van der Waals surface area contributed by atoms with Gasteiger partial charge in [0.25, 0.3) is 0 Å². The van der Waals surface area contributed by atoms with E-state index in [0.29, 0.717) is 6.42 Å². The smallest absolute Gasteiger partial charge is 0.462 e. The molecule has 0 rings (SSSR count). The minimum atomic E-state index is -4.39. The molecule has 0 amide bonds. The van der Waals surface area contributed by atoms with Crippen LogP contribution in [0.5, 0.6) is 0 Å². The van der Waals surface area contributed by atoms with E-state index in [0.717, 1.165) is 57.8 Å². The molecule has 0 aliphatic carbocycles. The van der Waals surface area contributed by atoms with Gasteiger partial charge in [-0.3, -0.25) is 18.6 Å². The number of unbranched alkanes of at least 4 members (excludes halogenated alkanes) is 24. The van der Waals surface area contributed by atoms with Gasteiger partial charge in [-0.2, -0.15) is 0 Å². The van der Waals surface area contributed by atoms with E-state index in [9.17, 15) is 19.0 Å². The molecule has 2 atom stereocenters. The van der Waals surface area contributed by atoms with Gasteiger partial charge in [0.2, 0.25) is 0 Å². The van der Waals surface area contributed by atoms with Crippen molar-refractivity contribution < 1.29 is 37.6 Å². The Bertz CT molecular complexity index is 1110. The first-order valence-electron chi connectivity index (χ1n) is 24.1. The maximum absolute atomic E-state index is 12.6. The van der Waals surface area contributed by atoms with Crippen molar-refractivity contribution in [2.45, 2.75) is 225 Å². The number of allylic oxidation sites excluding steroid dienone is 8. The fraction of sp³-hybridized carbons (Fsp3) is 0.796. The fourth-order valence-corrected chi connectivity index (χ4v) is 7.38. The van der Waals surface area contributed by atoms with E-state index in [1.165, 1.54) is 128 Å². The highest BCUT2D eigenvalue weighted by Crippen LogP contribution is 2.43. The normalized spacial score (nSPS) is 13.6. The molecule has 9 nitrogen and oxygen atoms in total. The van der Waals surface area contributed by atoms with Gasteiger partial charge in [-0.15, -0.1) is 0 Å². The van der Waals surface area contributed by atoms with Crippen LogP contribution in [0.2, 0.25) is 0 Å². The molecule has 0 aromatic heterocycles. The zero-order valence-corrected chi connectivity index (χ0v) is 38.9. The molecule has 0 aliphatic rings. The molecular weight excluding hydrogens is 762 g/mol. The second-order valence-electron chi connectivity index (χ2n) is 16.0. The van der Waals surface area contributed by atoms with Crippen LogP contribution in [0.15, 0.2) is 48.6 Å². The highest BCUT2D eigenvalue weighted by Gasteiger charge is 2.26. The second-order valence-corrected chi connectivity index (χ2v) is 17.4. The van der Waals surface area contributed by atoms with E-state index < -0.39 is 26.5 Å². The first-order chi connectivity index (χ1) is 28.8. The molecule has 0 saturated carbocycles. The fourth-order valence-electron chi connectivity index (χ4n) is 6.62. The molecule has 10 heteroatoms. The highest BCUT2D eigenvalue weighted by atomic mass is 31.2. The van der Waals surface area contributed by atoms with Crippen LogP contribution in [0.25, 0.3) is 0 Å². The van der Waals surface area contributed by atoms with Gasteiger partial charge in [-0.05, 0) is 57.8 Å². The number of hydrogen-bond acceptors (Lipinski definition) is 8. The third-order valence-corrected chi connectivity index (χ3v) is 11.2. The van der Waals surface area contributed by atoms with Crippen LogP contribution in [0.1, 0.15) is 219 Å². The Hall–Kier alpha value is -2.03. The molecule has 0 heterocycles. The van der Waals surface area contributed by atoms with Crippen molar-refractivity contribution in [3.63, 3.8) is 0 Å². The van der Waals surface area contributed by atoms with Crippen LogP contribution in [0, 0.1) is 0 Å². The third-order valence-electron chi connectivity index (χ3n) is 10.2. The van der Waals surface area contributed by atoms with Gasteiger partial charge in [0.05, 0.1) is 13.2 Å². The molecule has 0 spiro atoms. The van der Waals surface area contributed by atoms with E-state index in [1.807, 2.05) is 0 Å². The van der Waals surface area contributed by atoms with Crippen molar-refractivity contribution in [1.29, 1.82) is 0 Å². The molecule has 3 N–H and O–H groups in total. The number of nitrogens with two attached hydrogens (primary N) is 1. The maximum Gasteiger partial charge on any atom is 0.472 e. The molecule has 0 aliphatic heterocycles. The average molecular weight is 852 g/mol. The molecule has 59 heavy (non-hydrogen) atoms. The topological polar surface area (TPSA) is 134 Å². The summed E-state index contributed by atoms with van der Waals surface area (Å²) in [5.41, 5.74) is 5.36. The standard InChI is InChI=1S/C49H90NO8P/c1-3-5-7-9-11-13-15-17-19-21-23-25-27-29-31-33-35-37-39-41-48(51)55-45-47(46-57-59(53,54)56-44-43-50)58-49(52)42-40-38-36-34-32-30-28-26-24-22-20-18-16-14-12-10-8-6-4-2/h12,14,18,20,24,26,30,32,47H,3-11,13,15-17,19,21-23,25,27-29,31,33-46,50H2,1-2H3,(H,53,54)/t47-/m1/s1. The number of phosphoric acid groups is 1. The summed E-state index contributed by atoms with van der Waals surface area (Å²) in [5, 5.41) is 0. The number of esters is 2. The molecule has 0 fully saturated rings. The highest BCUT2D eigenvalue weighted by molar-refractivity contribution is 7.47. The lowest BCUT2D eigenvalue weighted by Crippen LogP contribution is -2.29. The number of phosphoric ester groups is 1. The van der Waals surface area contributed by atoms with Gasteiger partial charge < -0.3 is 20.1 Å². The van der Waals surface area contributed by atoms with E-state index in [4.69, 9.17) is 24.3 Å². The van der Waals surface area contributed by atoms with Crippen molar-refractivity contribution >= 4 is 19.8 Å². The van der Waals surface area contributed by atoms with Crippen LogP contribution in [-0.4, -0.2) is 49.3 Å². The van der Waals surface area contributed by atoms with Crippen LogP contribution in [0.4, 0.5) is 0 Å².